The summed E-state index contributed by atoms with van der Waals surface area (Å²) in [5, 5.41) is 9.76. The molecule has 4 aliphatic carbocycles. The van der Waals surface area contributed by atoms with Gasteiger partial charge in [0.25, 0.3) is 0 Å². The zero-order chi connectivity index (χ0) is 13.8. The molecule has 0 amide bonds. The second-order valence-electron chi connectivity index (χ2n) is 7.71. The van der Waals surface area contributed by atoms with Crippen molar-refractivity contribution in [3.05, 3.63) is 35.9 Å². The van der Waals surface area contributed by atoms with Gasteiger partial charge in [-0.25, -0.2) is 0 Å². The number of rotatable bonds is 3. The molecule has 0 aliphatic heterocycles. The molecule has 4 fully saturated rings. The first-order chi connectivity index (χ1) is 9.59. The first kappa shape index (κ1) is 12.4. The Balaban J connectivity index is 1.67. The van der Waals surface area contributed by atoms with Gasteiger partial charge in [-0.1, -0.05) is 30.3 Å². The summed E-state index contributed by atoms with van der Waals surface area (Å²) in [6, 6.07) is 10.7. The van der Waals surface area contributed by atoms with E-state index in [2.05, 4.69) is 30.3 Å². The van der Waals surface area contributed by atoms with Gasteiger partial charge in [0.15, 0.2) is 0 Å². The highest BCUT2D eigenvalue weighted by Crippen LogP contribution is 2.66. The molecular formula is C18H22O2. The van der Waals surface area contributed by atoms with Crippen LogP contribution in [-0.2, 0) is 11.2 Å². The van der Waals surface area contributed by atoms with Crippen LogP contribution < -0.4 is 0 Å². The van der Waals surface area contributed by atoms with Crippen molar-refractivity contribution in [2.45, 2.75) is 44.9 Å². The summed E-state index contributed by atoms with van der Waals surface area (Å²) < 4.78 is 0. The highest BCUT2D eigenvalue weighted by molar-refractivity contribution is 5.75. The summed E-state index contributed by atoms with van der Waals surface area (Å²) in [7, 11) is 0. The first-order valence-electron chi connectivity index (χ1n) is 7.87. The fraction of sp³-hybridized carbons (Fsp3) is 0.611. The molecule has 2 unspecified atom stereocenters. The third-order valence-electron chi connectivity index (χ3n) is 6.06. The largest absolute Gasteiger partial charge is 0.481 e. The number of benzene rings is 1. The Morgan fingerprint density at radius 1 is 1.10 bits per heavy atom. The lowest BCUT2D eigenvalue weighted by atomic mass is 9.43. The molecule has 1 N–H and O–H groups in total. The minimum atomic E-state index is -0.524. The van der Waals surface area contributed by atoms with Gasteiger partial charge >= 0.3 is 5.97 Å². The topological polar surface area (TPSA) is 37.3 Å². The molecule has 4 aliphatic rings. The summed E-state index contributed by atoms with van der Waals surface area (Å²) in [4.78, 5) is 11.8. The highest BCUT2D eigenvalue weighted by atomic mass is 16.4. The molecule has 2 nitrogen and oxygen atoms in total. The maximum Gasteiger partial charge on any atom is 0.309 e. The van der Waals surface area contributed by atoms with E-state index in [-0.39, 0.29) is 5.41 Å². The summed E-state index contributed by atoms with van der Waals surface area (Å²) in [5.74, 6) is 0.802. The van der Waals surface area contributed by atoms with Crippen molar-refractivity contribution in [2.75, 3.05) is 0 Å². The van der Waals surface area contributed by atoms with Crippen molar-refractivity contribution in [1.82, 2.24) is 0 Å². The zero-order valence-electron chi connectivity index (χ0n) is 11.8. The Labute approximate surface area is 120 Å². The van der Waals surface area contributed by atoms with Crippen LogP contribution in [0.25, 0.3) is 0 Å². The molecular weight excluding hydrogens is 248 g/mol. The number of aliphatic carboxylic acids is 1. The monoisotopic (exact) mass is 270 g/mol. The lowest BCUT2D eigenvalue weighted by molar-refractivity contribution is -0.174. The number of carbonyl (C=O) groups is 1. The molecule has 0 heterocycles. The van der Waals surface area contributed by atoms with E-state index in [1.807, 2.05) is 0 Å². The van der Waals surface area contributed by atoms with Gasteiger partial charge in [0.2, 0.25) is 0 Å². The van der Waals surface area contributed by atoms with Crippen LogP contribution in [0.1, 0.15) is 44.1 Å². The maximum absolute atomic E-state index is 11.8. The molecule has 2 atom stereocenters. The molecule has 0 spiro atoms. The lowest BCUT2D eigenvalue weighted by Crippen LogP contribution is -2.55. The van der Waals surface area contributed by atoms with Gasteiger partial charge in [0.05, 0.1) is 5.41 Å². The Bertz CT molecular complexity index is 520. The van der Waals surface area contributed by atoms with Gasteiger partial charge in [-0.15, -0.1) is 0 Å². The molecule has 5 rings (SSSR count). The van der Waals surface area contributed by atoms with Crippen molar-refractivity contribution in [3.63, 3.8) is 0 Å². The third kappa shape index (κ3) is 1.81. The van der Waals surface area contributed by atoms with Gasteiger partial charge in [0.1, 0.15) is 0 Å². The molecule has 0 saturated heterocycles. The molecule has 4 saturated carbocycles. The van der Waals surface area contributed by atoms with E-state index < -0.39 is 11.4 Å². The molecule has 0 aromatic heterocycles. The molecule has 106 valence electrons. The van der Waals surface area contributed by atoms with Crippen molar-refractivity contribution < 1.29 is 9.90 Å². The number of hydrogen-bond acceptors (Lipinski definition) is 1. The van der Waals surface area contributed by atoms with E-state index in [1.54, 1.807) is 0 Å². The summed E-state index contributed by atoms with van der Waals surface area (Å²) in [5.41, 5.74) is 1.26. The number of carboxylic acid groups (broad SMARTS) is 1. The lowest BCUT2D eigenvalue weighted by Gasteiger charge is -2.60. The Morgan fingerprint density at radius 3 is 2.35 bits per heavy atom. The smallest absolute Gasteiger partial charge is 0.309 e. The molecule has 1 aromatic rings. The minimum Gasteiger partial charge on any atom is -0.481 e. The van der Waals surface area contributed by atoms with Crippen LogP contribution in [0.15, 0.2) is 30.3 Å². The predicted molar refractivity (Wildman–Crippen MR) is 77.3 cm³/mol. The van der Waals surface area contributed by atoms with Gasteiger partial charge in [-0.05, 0) is 67.8 Å². The average molecular weight is 270 g/mol. The zero-order valence-corrected chi connectivity index (χ0v) is 11.8. The Hall–Kier alpha value is -1.31. The van der Waals surface area contributed by atoms with E-state index in [1.165, 1.54) is 24.8 Å². The quantitative estimate of drug-likeness (QED) is 0.904. The average Bonchev–Trinajstić information content (AvgIpc) is 2.37. The van der Waals surface area contributed by atoms with Gasteiger partial charge in [0, 0.05) is 0 Å². The molecule has 1 aromatic carbocycles. The summed E-state index contributed by atoms with van der Waals surface area (Å²) >= 11 is 0. The minimum absolute atomic E-state index is 0.268. The van der Waals surface area contributed by atoms with Crippen molar-refractivity contribution in [1.29, 1.82) is 0 Å². The second kappa shape index (κ2) is 4.09. The fourth-order valence-electron chi connectivity index (χ4n) is 5.94. The number of hydrogen-bond donors (Lipinski definition) is 1. The van der Waals surface area contributed by atoms with Crippen LogP contribution in [0.2, 0.25) is 0 Å². The third-order valence-corrected chi connectivity index (χ3v) is 6.06. The van der Waals surface area contributed by atoms with E-state index in [4.69, 9.17) is 0 Å². The van der Waals surface area contributed by atoms with Crippen LogP contribution in [0.5, 0.6) is 0 Å². The summed E-state index contributed by atoms with van der Waals surface area (Å²) in [6.07, 6.45) is 7.67. The first-order valence-corrected chi connectivity index (χ1v) is 7.87. The van der Waals surface area contributed by atoms with Gasteiger partial charge in [-0.3, -0.25) is 4.79 Å². The van der Waals surface area contributed by atoms with E-state index in [0.717, 1.165) is 25.7 Å². The molecule has 0 radical (unpaired) electrons. The van der Waals surface area contributed by atoms with Gasteiger partial charge < -0.3 is 5.11 Å². The Kier molecular flexibility index (Phi) is 2.55. The molecule has 20 heavy (non-hydrogen) atoms. The SMILES string of the molecule is O=C(O)C12CC3CC(CC(Cc4ccccc4)(C3)C1)C2. The number of carboxylic acids is 1. The van der Waals surface area contributed by atoms with Gasteiger partial charge in [-0.2, -0.15) is 0 Å². The molecule has 2 heteroatoms. The van der Waals surface area contributed by atoms with E-state index >= 15 is 0 Å². The molecule has 4 bridgehead atoms. The summed E-state index contributed by atoms with van der Waals surface area (Å²) in [6.45, 7) is 0. The van der Waals surface area contributed by atoms with Crippen LogP contribution in [-0.4, -0.2) is 11.1 Å². The fourth-order valence-corrected chi connectivity index (χ4v) is 5.94. The van der Waals surface area contributed by atoms with Crippen molar-refractivity contribution >= 4 is 5.97 Å². The highest BCUT2D eigenvalue weighted by Gasteiger charge is 2.60. The van der Waals surface area contributed by atoms with E-state index in [9.17, 15) is 9.90 Å². The van der Waals surface area contributed by atoms with Crippen LogP contribution in [0, 0.1) is 22.7 Å². The van der Waals surface area contributed by atoms with Crippen LogP contribution in [0.4, 0.5) is 0 Å². The van der Waals surface area contributed by atoms with Crippen molar-refractivity contribution in [3.8, 4) is 0 Å². The standard InChI is InChI=1S/C18H22O2/c19-16(20)18-10-14-6-15(11-18)9-17(8-14,12-18)7-13-4-2-1-3-5-13/h1-5,14-15H,6-12H2,(H,19,20). The van der Waals surface area contributed by atoms with Crippen LogP contribution in [0.3, 0.4) is 0 Å². The predicted octanol–water partition coefficient (Wildman–Crippen LogP) is 3.90. The van der Waals surface area contributed by atoms with Crippen molar-refractivity contribution in [2.24, 2.45) is 22.7 Å². The maximum atomic E-state index is 11.8. The Morgan fingerprint density at radius 2 is 1.75 bits per heavy atom. The normalized spacial score (nSPS) is 41.8. The van der Waals surface area contributed by atoms with E-state index in [0.29, 0.717) is 11.8 Å². The second-order valence-corrected chi connectivity index (χ2v) is 7.71. The van der Waals surface area contributed by atoms with Crippen LogP contribution >= 0.6 is 0 Å².